The molecule has 2 N–H and O–H groups in total. The molecule has 1 aromatic carbocycles. The number of hydrogen-bond donors (Lipinski definition) is 2. The number of hydrazine groups is 1. The number of benzene rings is 1. The van der Waals surface area contributed by atoms with E-state index in [0.29, 0.717) is 21.6 Å². The SMILES string of the molecule is CC[C@]1(C)NC(=O)N(NC(=O)Cn2cnc3sc(C)c(-c4ccccc4)c3c2=O)C1=O. The van der Waals surface area contributed by atoms with Crippen LogP contribution in [-0.2, 0) is 16.1 Å². The third-order valence-corrected chi connectivity index (χ3v) is 6.45. The Labute approximate surface area is 181 Å². The number of imide groups is 1. The van der Waals surface area contributed by atoms with Crippen LogP contribution in [0.1, 0.15) is 25.1 Å². The van der Waals surface area contributed by atoms with Crippen molar-refractivity contribution < 1.29 is 14.4 Å². The van der Waals surface area contributed by atoms with Crippen molar-refractivity contribution in [3.8, 4) is 11.1 Å². The van der Waals surface area contributed by atoms with Crippen LogP contribution in [0.5, 0.6) is 0 Å². The van der Waals surface area contributed by atoms with Gasteiger partial charge in [0.1, 0.15) is 16.9 Å². The molecule has 0 spiro atoms. The van der Waals surface area contributed by atoms with Gasteiger partial charge in [-0.25, -0.2) is 9.78 Å². The molecule has 0 radical (unpaired) electrons. The Morgan fingerprint density at radius 2 is 1.94 bits per heavy atom. The van der Waals surface area contributed by atoms with E-state index in [9.17, 15) is 19.2 Å². The molecule has 1 aliphatic heterocycles. The average molecular weight is 439 g/mol. The summed E-state index contributed by atoms with van der Waals surface area (Å²) in [5, 5.41) is 3.66. The first-order chi connectivity index (χ1) is 14.7. The van der Waals surface area contributed by atoms with Gasteiger partial charge in [0.2, 0.25) is 0 Å². The molecule has 10 heteroatoms. The Morgan fingerprint density at radius 1 is 1.23 bits per heavy atom. The fraction of sp³-hybridized carbons (Fsp3) is 0.286. The maximum absolute atomic E-state index is 13.2. The minimum Gasteiger partial charge on any atom is -0.322 e. The van der Waals surface area contributed by atoms with E-state index in [4.69, 9.17) is 0 Å². The summed E-state index contributed by atoms with van der Waals surface area (Å²) in [7, 11) is 0. The highest BCUT2D eigenvalue weighted by Crippen LogP contribution is 2.35. The lowest BCUT2D eigenvalue weighted by molar-refractivity contribution is -0.139. The van der Waals surface area contributed by atoms with Crippen LogP contribution >= 0.6 is 11.3 Å². The third-order valence-electron chi connectivity index (χ3n) is 5.44. The van der Waals surface area contributed by atoms with Gasteiger partial charge in [-0.2, -0.15) is 5.01 Å². The van der Waals surface area contributed by atoms with Gasteiger partial charge in [-0.15, -0.1) is 11.3 Å². The molecule has 0 aliphatic carbocycles. The van der Waals surface area contributed by atoms with Crippen molar-refractivity contribution in [2.75, 3.05) is 0 Å². The first-order valence-electron chi connectivity index (χ1n) is 9.75. The molecule has 2 aromatic heterocycles. The number of nitrogens with zero attached hydrogens (tertiary/aromatic N) is 3. The molecule has 1 aliphatic rings. The van der Waals surface area contributed by atoms with Crippen LogP contribution in [0, 0.1) is 6.92 Å². The molecule has 160 valence electrons. The fourth-order valence-electron chi connectivity index (χ4n) is 3.54. The molecule has 1 atom stereocenters. The average Bonchev–Trinajstić information content (AvgIpc) is 3.20. The summed E-state index contributed by atoms with van der Waals surface area (Å²) in [5.41, 5.74) is 2.55. The zero-order valence-electron chi connectivity index (χ0n) is 17.3. The summed E-state index contributed by atoms with van der Waals surface area (Å²) >= 11 is 1.41. The number of carbonyl (C=O) groups excluding carboxylic acids is 3. The van der Waals surface area contributed by atoms with Crippen LogP contribution in [0.4, 0.5) is 4.79 Å². The molecule has 31 heavy (non-hydrogen) atoms. The number of rotatable bonds is 5. The minimum absolute atomic E-state index is 0.362. The molecular weight excluding hydrogens is 418 g/mol. The molecule has 1 saturated heterocycles. The highest BCUT2D eigenvalue weighted by Gasteiger charge is 2.47. The molecule has 0 saturated carbocycles. The molecule has 3 heterocycles. The van der Waals surface area contributed by atoms with Gasteiger partial charge in [-0.3, -0.25) is 24.4 Å². The summed E-state index contributed by atoms with van der Waals surface area (Å²) in [6, 6.07) is 8.81. The quantitative estimate of drug-likeness (QED) is 0.592. The van der Waals surface area contributed by atoms with Gasteiger partial charge in [0.15, 0.2) is 0 Å². The molecule has 9 nitrogen and oxygen atoms in total. The van der Waals surface area contributed by atoms with Crippen molar-refractivity contribution in [2.45, 2.75) is 39.3 Å². The number of carbonyl (C=O) groups is 3. The van der Waals surface area contributed by atoms with E-state index in [1.54, 1.807) is 13.8 Å². The standard InChI is InChI=1S/C21H21N5O4S/c1-4-21(3)19(29)26(20(30)23-21)24-14(27)10-25-11-22-17-16(18(25)28)15(12(2)31-17)13-8-6-5-7-9-13/h5-9,11H,4,10H2,1-3H3,(H,23,30)(H,24,27)/t21-/m0/s1. The topological polar surface area (TPSA) is 113 Å². The van der Waals surface area contributed by atoms with Crippen LogP contribution in [0.25, 0.3) is 21.3 Å². The predicted molar refractivity (Wildman–Crippen MR) is 116 cm³/mol. The van der Waals surface area contributed by atoms with E-state index in [1.165, 1.54) is 22.2 Å². The number of amides is 4. The number of nitrogens with one attached hydrogen (secondary N) is 2. The monoisotopic (exact) mass is 439 g/mol. The maximum Gasteiger partial charge on any atom is 0.344 e. The number of urea groups is 1. The number of aromatic nitrogens is 2. The summed E-state index contributed by atoms with van der Waals surface area (Å²) in [5.74, 6) is -1.23. The predicted octanol–water partition coefficient (Wildman–Crippen LogP) is 2.19. The lowest BCUT2D eigenvalue weighted by atomic mass is 10.00. The maximum atomic E-state index is 13.2. The Hall–Kier alpha value is -3.53. The van der Waals surface area contributed by atoms with Gasteiger partial charge in [0, 0.05) is 10.4 Å². The van der Waals surface area contributed by atoms with Gasteiger partial charge in [-0.05, 0) is 25.8 Å². The molecule has 0 unspecified atom stereocenters. The van der Waals surface area contributed by atoms with E-state index >= 15 is 0 Å². The summed E-state index contributed by atoms with van der Waals surface area (Å²) in [6.07, 6.45) is 1.68. The molecular formula is C21H21N5O4S. The van der Waals surface area contributed by atoms with E-state index in [2.05, 4.69) is 15.7 Å². The summed E-state index contributed by atoms with van der Waals surface area (Å²) in [6.45, 7) is 4.89. The Bertz CT molecular complexity index is 1270. The van der Waals surface area contributed by atoms with Crippen molar-refractivity contribution in [3.05, 3.63) is 51.9 Å². The van der Waals surface area contributed by atoms with Crippen LogP contribution < -0.4 is 16.3 Å². The van der Waals surface area contributed by atoms with Crippen LogP contribution in [0.15, 0.2) is 41.5 Å². The van der Waals surface area contributed by atoms with Crippen LogP contribution in [0.2, 0.25) is 0 Å². The van der Waals surface area contributed by atoms with E-state index in [-0.39, 0.29) is 12.1 Å². The third kappa shape index (κ3) is 3.48. The summed E-state index contributed by atoms with van der Waals surface area (Å²) in [4.78, 5) is 56.1. The molecule has 3 aromatic rings. The van der Waals surface area contributed by atoms with Gasteiger partial charge in [-0.1, -0.05) is 37.3 Å². The molecule has 1 fully saturated rings. The minimum atomic E-state index is -1.07. The first kappa shape index (κ1) is 20.7. The molecule has 0 bridgehead atoms. The second-order valence-corrected chi connectivity index (χ2v) is 8.75. The smallest absolute Gasteiger partial charge is 0.322 e. The number of hydrogen-bond acceptors (Lipinski definition) is 6. The zero-order valence-corrected chi connectivity index (χ0v) is 18.1. The van der Waals surface area contributed by atoms with E-state index < -0.39 is 23.4 Å². The van der Waals surface area contributed by atoms with Crippen molar-refractivity contribution in [1.29, 1.82) is 0 Å². The number of thiophene rings is 1. The van der Waals surface area contributed by atoms with Gasteiger partial charge < -0.3 is 5.32 Å². The molecule has 4 amide bonds. The number of aryl methyl sites for hydroxylation is 1. The second-order valence-electron chi connectivity index (χ2n) is 7.55. The van der Waals surface area contributed by atoms with Crippen molar-refractivity contribution in [3.63, 3.8) is 0 Å². The van der Waals surface area contributed by atoms with Crippen molar-refractivity contribution in [2.24, 2.45) is 0 Å². The van der Waals surface area contributed by atoms with E-state index in [0.717, 1.165) is 16.0 Å². The largest absolute Gasteiger partial charge is 0.344 e. The van der Waals surface area contributed by atoms with E-state index in [1.807, 2.05) is 37.3 Å². The highest BCUT2D eigenvalue weighted by molar-refractivity contribution is 7.19. The Morgan fingerprint density at radius 3 is 2.58 bits per heavy atom. The highest BCUT2D eigenvalue weighted by atomic mass is 32.1. The van der Waals surface area contributed by atoms with Gasteiger partial charge in [0.25, 0.3) is 17.4 Å². The van der Waals surface area contributed by atoms with Gasteiger partial charge >= 0.3 is 6.03 Å². The van der Waals surface area contributed by atoms with Gasteiger partial charge in [0.05, 0.1) is 11.7 Å². The fourth-order valence-corrected chi connectivity index (χ4v) is 4.55. The lowest BCUT2D eigenvalue weighted by Crippen LogP contribution is -2.49. The second kappa shape index (κ2) is 7.62. The first-order valence-corrected chi connectivity index (χ1v) is 10.6. The van der Waals surface area contributed by atoms with Crippen molar-refractivity contribution >= 4 is 39.4 Å². The normalized spacial score (nSPS) is 18.5. The van der Waals surface area contributed by atoms with Crippen molar-refractivity contribution in [1.82, 2.24) is 25.3 Å². The molecule has 4 rings (SSSR count). The Kier molecular flexibility index (Phi) is 5.10. The summed E-state index contributed by atoms with van der Waals surface area (Å²) < 4.78 is 1.17. The van der Waals surface area contributed by atoms with Crippen LogP contribution in [-0.4, -0.2) is 37.9 Å². The lowest BCUT2D eigenvalue weighted by Gasteiger charge is -2.19. The zero-order chi connectivity index (χ0) is 22.3. The Balaban J connectivity index is 1.63. The van der Waals surface area contributed by atoms with Crippen LogP contribution in [0.3, 0.4) is 0 Å². The number of fused-ring (bicyclic) bond motifs is 1.